The summed E-state index contributed by atoms with van der Waals surface area (Å²) in [5.41, 5.74) is 2.78. The Hall–Kier alpha value is -2.55. The Morgan fingerprint density at radius 1 is 0.967 bits per heavy atom. The van der Waals surface area contributed by atoms with E-state index >= 15 is 0 Å². The molecule has 0 bridgehead atoms. The lowest BCUT2D eigenvalue weighted by Gasteiger charge is -2.16. The lowest BCUT2D eigenvalue weighted by atomic mass is 9.97. The van der Waals surface area contributed by atoms with E-state index in [2.05, 4.69) is 11.4 Å². The molecule has 1 aromatic heterocycles. The van der Waals surface area contributed by atoms with Gasteiger partial charge in [-0.05, 0) is 48.9 Å². The van der Waals surface area contributed by atoms with Gasteiger partial charge in [0.15, 0.2) is 0 Å². The van der Waals surface area contributed by atoms with Gasteiger partial charge in [-0.1, -0.05) is 61.4 Å². The Morgan fingerprint density at radius 2 is 1.63 bits per heavy atom. The standard InChI is InChI=1S/C25H24N2OS2/c26-17-21-20-15-9-1-2-10-16-22(20)30-25(21)27-24(28)23(18-11-5-3-6-12-18)29-19-13-7-4-8-14-19/h3-8,11-14,23H,1-2,9-10,15-16H2,(H,27,28)/t23-/m0/s1. The number of nitrogens with one attached hydrogen (secondary N) is 1. The fourth-order valence-corrected chi connectivity index (χ4v) is 6.13. The van der Waals surface area contributed by atoms with Gasteiger partial charge in [-0.25, -0.2) is 0 Å². The summed E-state index contributed by atoms with van der Waals surface area (Å²) >= 11 is 3.13. The van der Waals surface area contributed by atoms with Crippen LogP contribution in [0.5, 0.6) is 0 Å². The Morgan fingerprint density at radius 3 is 2.33 bits per heavy atom. The number of carbonyl (C=O) groups excluding carboxylic acids is 1. The number of rotatable bonds is 5. The highest BCUT2D eigenvalue weighted by Crippen LogP contribution is 2.40. The molecule has 30 heavy (non-hydrogen) atoms. The number of thiophene rings is 1. The number of nitrogens with zero attached hydrogens (tertiary/aromatic N) is 1. The van der Waals surface area contributed by atoms with Crippen LogP contribution in [0.1, 0.15) is 52.5 Å². The smallest absolute Gasteiger partial charge is 0.243 e. The molecular weight excluding hydrogens is 408 g/mol. The molecule has 0 unspecified atom stereocenters. The summed E-state index contributed by atoms with van der Waals surface area (Å²) in [4.78, 5) is 15.7. The number of hydrogen-bond donors (Lipinski definition) is 1. The molecule has 152 valence electrons. The van der Waals surface area contributed by atoms with Crippen LogP contribution < -0.4 is 5.32 Å². The summed E-state index contributed by atoms with van der Waals surface area (Å²) in [6.07, 6.45) is 6.66. The normalized spacial score (nSPS) is 14.6. The van der Waals surface area contributed by atoms with Gasteiger partial charge in [0.05, 0.1) is 5.56 Å². The van der Waals surface area contributed by atoms with Crippen molar-refractivity contribution in [1.29, 1.82) is 5.26 Å². The predicted octanol–water partition coefficient (Wildman–Crippen LogP) is 6.75. The first-order chi connectivity index (χ1) is 14.8. The number of hydrogen-bond acceptors (Lipinski definition) is 4. The molecule has 0 fully saturated rings. The second kappa shape index (κ2) is 9.97. The minimum absolute atomic E-state index is 0.0826. The largest absolute Gasteiger partial charge is 0.315 e. The summed E-state index contributed by atoms with van der Waals surface area (Å²) in [6, 6.07) is 22.2. The van der Waals surface area contributed by atoms with E-state index in [1.807, 2.05) is 60.7 Å². The van der Waals surface area contributed by atoms with Crippen molar-refractivity contribution < 1.29 is 4.79 Å². The lowest BCUT2D eigenvalue weighted by molar-refractivity contribution is -0.115. The molecule has 4 rings (SSSR count). The number of carbonyl (C=O) groups is 1. The Bertz CT molecular complexity index is 1040. The third kappa shape index (κ3) is 4.77. The fourth-order valence-electron chi connectivity index (χ4n) is 3.84. The van der Waals surface area contributed by atoms with E-state index < -0.39 is 0 Å². The predicted molar refractivity (Wildman–Crippen MR) is 125 cm³/mol. The molecule has 2 aromatic carbocycles. The van der Waals surface area contributed by atoms with Crippen molar-refractivity contribution in [2.45, 2.75) is 48.7 Å². The van der Waals surface area contributed by atoms with Crippen LogP contribution in [0.15, 0.2) is 65.6 Å². The molecule has 0 spiro atoms. The summed E-state index contributed by atoms with van der Waals surface area (Å²) < 4.78 is 0. The van der Waals surface area contributed by atoms with Crippen LogP contribution >= 0.6 is 23.1 Å². The summed E-state index contributed by atoms with van der Waals surface area (Å²) in [5.74, 6) is -0.0826. The van der Waals surface area contributed by atoms with Crippen molar-refractivity contribution in [3.05, 3.63) is 82.2 Å². The maximum Gasteiger partial charge on any atom is 0.243 e. The zero-order chi connectivity index (χ0) is 20.8. The van der Waals surface area contributed by atoms with Crippen LogP contribution in [0.25, 0.3) is 0 Å². The summed E-state index contributed by atoms with van der Waals surface area (Å²) in [5, 5.41) is 13.3. The van der Waals surface area contributed by atoms with Crippen molar-refractivity contribution in [2.24, 2.45) is 0 Å². The van der Waals surface area contributed by atoms with Crippen LogP contribution in [0.4, 0.5) is 5.00 Å². The highest BCUT2D eigenvalue weighted by Gasteiger charge is 2.26. The lowest BCUT2D eigenvalue weighted by Crippen LogP contribution is -2.19. The van der Waals surface area contributed by atoms with E-state index in [4.69, 9.17) is 0 Å². The number of thioether (sulfide) groups is 1. The molecule has 0 aliphatic heterocycles. The molecule has 1 atom stereocenters. The topological polar surface area (TPSA) is 52.9 Å². The molecule has 3 aromatic rings. The molecule has 1 heterocycles. The van der Waals surface area contributed by atoms with Crippen LogP contribution in [0.2, 0.25) is 0 Å². The molecule has 0 radical (unpaired) electrons. The number of nitriles is 1. The zero-order valence-electron chi connectivity index (χ0n) is 16.8. The Labute approximate surface area is 186 Å². The first kappa shape index (κ1) is 20.7. The van der Waals surface area contributed by atoms with Gasteiger partial charge in [0, 0.05) is 9.77 Å². The molecule has 0 saturated heterocycles. The van der Waals surface area contributed by atoms with Crippen LogP contribution in [-0.4, -0.2) is 5.91 Å². The highest BCUT2D eigenvalue weighted by atomic mass is 32.2. The van der Waals surface area contributed by atoms with E-state index in [1.165, 1.54) is 29.5 Å². The zero-order valence-corrected chi connectivity index (χ0v) is 18.4. The van der Waals surface area contributed by atoms with E-state index in [9.17, 15) is 10.1 Å². The van der Waals surface area contributed by atoms with Crippen LogP contribution in [0.3, 0.4) is 0 Å². The van der Waals surface area contributed by atoms with Crippen molar-refractivity contribution in [1.82, 2.24) is 0 Å². The number of anilines is 1. The van der Waals surface area contributed by atoms with Gasteiger partial charge in [0.2, 0.25) is 5.91 Å². The molecule has 1 aliphatic carbocycles. The maximum absolute atomic E-state index is 13.4. The second-order valence-electron chi connectivity index (χ2n) is 7.44. The van der Waals surface area contributed by atoms with E-state index in [-0.39, 0.29) is 11.2 Å². The summed E-state index contributed by atoms with van der Waals surface area (Å²) in [7, 11) is 0. The first-order valence-corrected chi connectivity index (χ1v) is 12.1. The molecule has 5 heteroatoms. The Balaban J connectivity index is 1.63. The van der Waals surface area contributed by atoms with Gasteiger partial charge in [0.25, 0.3) is 0 Å². The third-order valence-corrected chi connectivity index (χ3v) is 7.83. The van der Waals surface area contributed by atoms with Crippen LogP contribution in [0, 0.1) is 11.3 Å². The third-order valence-electron chi connectivity index (χ3n) is 5.36. The van der Waals surface area contributed by atoms with E-state index in [1.54, 1.807) is 11.3 Å². The highest BCUT2D eigenvalue weighted by molar-refractivity contribution is 8.00. The minimum Gasteiger partial charge on any atom is -0.315 e. The van der Waals surface area contributed by atoms with Gasteiger partial charge in [-0.2, -0.15) is 5.26 Å². The molecule has 1 aliphatic rings. The van der Waals surface area contributed by atoms with Gasteiger partial charge in [0.1, 0.15) is 16.3 Å². The number of benzene rings is 2. The van der Waals surface area contributed by atoms with E-state index in [0.717, 1.165) is 41.7 Å². The number of aryl methyl sites for hydroxylation is 1. The molecule has 1 N–H and O–H groups in total. The van der Waals surface area contributed by atoms with Crippen molar-refractivity contribution in [3.63, 3.8) is 0 Å². The minimum atomic E-state index is -0.384. The second-order valence-corrected chi connectivity index (χ2v) is 9.73. The molecule has 0 saturated carbocycles. The monoisotopic (exact) mass is 432 g/mol. The first-order valence-electron chi connectivity index (χ1n) is 10.4. The van der Waals surface area contributed by atoms with Gasteiger partial charge in [-0.3, -0.25) is 4.79 Å². The van der Waals surface area contributed by atoms with Gasteiger partial charge in [-0.15, -0.1) is 23.1 Å². The average Bonchev–Trinajstić information content (AvgIpc) is 3.08. The van der Waals surface area contributed by atoms with Gasteiger partial charge < -0.3 is 5.32 Å². The molecule has 1 amide bonds. The number of fused-ring (bicyclic) bond motifs is 1. The Kier molecular flexibility index (Phi) is 6.88. The van der Waals surface area contributed by atoms with Crippen molar-refractivity contribution in [2.75, 3.05) is 5.32 Å². The van der Waals surface area contributed by atoms with Crippen molar-refractivity contribution in [3.8, 4) is 6.07 Å². The van der Waals surface area contributed by atoms with Crippen LogP contribution in [-0.2, 0) is 17.6 Å². The number of amides is 1. The molecule has 3 nitrogen and oxygen atoms in total. The molecular formula is C25H24N2OS2. The van der Waals surface area contributed by atoms with Gasteiger partial charge >= 0.3 is 0 Å². The fraction of sp³-hybridized carbons (Fsp3) is 0.280. The average molecular weight is 433 g/mol. The van der Waals surface area contributed by atoms with Crippen molar-refractivity contribution >= 4 is 34.0 Å². The SMILES string of the molecule is N#Cc1c(NC(=O)[C@@H](Sc2ccccc2)c2ccccc2)sc2c1CCCCCC2. The quantitative estimate of drug-likeness (QED) is 0.454. The maximum atomic E-state index is 13.4. The summed E-state index contributed by atoms with van der Waals surface area (Å²) in [6.45, 7) is 0. The van der Waals surface area contributed by atoms with E-state index in [0.29, 0.717) is 10.6 Å².